The van der Waals surface area contributed by atoms with Crippen LogP contribution in [0.1, 0.15) is 31.0 Å². The Balaban J connectivity index is 0.00000225. The van der Waals surface area contributed by atoms with Crippen LogP contribution in [-0.2, 0) is 13.1 Å². The summed E-state index contributed by atoms with van der Waals surface area (Å²) < 4.78 is 7.63. The molecule has 2 aromatic rings. The molecule has 1 atom stereocenters. The molecule has 25 heavy (non-hydrogen) atoms. The summed E-state index contributed by atoms with van der Waals surface area (Å²) in [6.45, 7) is 9.31. The molecule has 5 nitrogen and oxygen atoms in total. The summed E-state index contributed by atoms with van der Waals surface area (Å²) in [5.41, 5.74) is 2.53. The number of hydrogen-bond acceptors (Lipinski definition) is 4. The Morgan fingerprint density at radius 1 is 1.32 bits per heavy atom. The Hall–Kier alpha value is -1.56. The van der Waals surface area contributed by atoms with Gasteiger partial charge in [-0.2, -0.15) is 5.10 Å². The third kappa shape index (κ3) is 4.97. The van der Waals surface area contributed by atoms with Gasteiger partial charge in [-0.25, -0.2) is 0 Å². The van der Waals surface area contributed by atoms with Crippen molar-refractivity contribution in [3.05, 3.63) is 47.8 Å². The van der Waals surface area contributed by atoms with Crippen molar-refractivity contribution in [2.75, 3.05) is 26.7 Å². The molecule has 3 rings (SSSR count). The number of nitrogens with zero attached hydrogens (tertiary/aromatic N) is 3. The largest absolute Gasteiger partial charge is 0.496 e. The van der Waals surface area contributed by atoms with Crippen LogP contribution in [0, 0.1) is 5.92 Å². The van der Waals surface area contributed by atoms with Crippen LogP contribution in [0.15, 0.2) is 36.7 Å². The molecule has 1 aromatic heterocycles. The predicted octanol–water partition coefficient (Wildman–Crippen LogP) is 3.12. The van der Waals surface area contributed by atoms with Gasteiger partial charge in [0.2, 0.25) is 0 Å². The van der Waals surface area contributed by atoms with Crippen LogP contribution < -0.4 is 10.1 Å². The molecule has 6 heteroatoms. The summed E-state index contributed by atoms with van der Waals surface area (Å²) >= 11 is 0. The minimum Gasteiger partial charge on any atom is -0.496 e. The lowest BCUT2D eigenvalue weighted by Crippen LogP contribution is -2.45. The van der Waals surface area contributed by atoms with Crippen molar-refractivity contribution in [1.82, 2.24) is 20.0 Å². The van der Waals surface area contributed by atoms with E-state index < -0.39 is 0 Å². The second-order valence-electron chi connectivity index (χ2n) is 6.90. The highest BCUT2D eigenvalue weighted by Crippen LogP contribution is 2.31. The number of para-hydroxylation sites is 1. The van der Waals surface area contributed by atoms with E-state index in [1.165, 1.54) is 11.1 Å². The molecule has 1 N–H and O–H groups in total. The van der Waals surface area contributed by atoms with Crippen LogP contribution in [0.4, 0.5) is 0 Å². The second-order valence-corrected chi connectivity index (χ2v) is 6.90. The van der Waals surface area contributed by atoms with Crippen molar-refractivity contribution < 1.29 is 4.74 Å². The van der Waals surface area contributed by atoms with Crippen LogP contribution in [0.5, 0.6) is 5.75 Å². The smallest absolute Gasteiger partial charge is 0.123 e. The molecule has 1 fully saturated rings. The summed E-state index contributed by atoms with van der Waals surface area (Å²) in [6, 6.07) is 8.65. The van der Waals surface area contributed by atoms with Crippen molar-refractivity contribution >= 4 is 12.4 Å². The van der Waals surface area contributed by atoms with E-state index in [0.717, 1.165) is 38.5 Å². The van der Waals surface area contributed by atoms with Gasteiger partial charge in [-0.1, -0.05) is 32.0 Å². The lowest BCUT2D eigenvalue weighted by atomic mass is 10.0. The Bertz CT molecular complexity index is 658. The molecule has 0 saturated carbocycles. The summed E-state index contributed by atoms with van der Waals surface area (Å²) in [7, 11) is 1.75. The predicted molar refractivity (Wildman–Crippen MR) is 103 cm³/mol. The summed E-state index contributed by atoms with van der Waals surface area (Å²) in [5.74, 6) is 1.57. The fourth-order valence-electron chi connectivity index (χ4n) is 3.38. The summed E-state index contributed by atoms with van der Waals surface area (Å²) in [4.78, 5) is 2.52. The fourth-order valence-corrected chi connectivity index (χ4v) is 3.38. The minimum absolute atomic E-state index is 0. The standard InChI is InChI=1S/C19H28N4O.ClH/c1-15(2)12-23-14-16(10-21-23)13-22-9-8-20-11-18(22)17-6-4-5-7-19(17)24-3;/h4-7,10,14-15,18,20H,8-9,11-13H2,1-3H3;1H. The SMILES string of the molecule is COc1ccccc1C1CNCCN1Cc1cnn(CC(C)C)c1.Cl. The zero-order chi connectivity index (χ0) is 16.9. The Morgan fingerprint density at radius 3 is 2.88 bits per heavy atom. The molecule has 1 unspecified atom stereocenters. The lowest BCUT2D eigenvalue weighted by molar-refractivity contribution is 0.151. The zero-order valence-corrected chi connectivity index (χ0v) is 16.1. The van der Waals surface area contributed by atoms with E-state index in [1.54, 1.807) is 7.11 Å². The van der Waals surface area contributed by atoms with Crippen molar-refractivity contribution in [2.24, 2.45) is 5.92 Å². The molecule has 0 amide bonds. The van der Waals surface area contributed by atoms with Gasteiger partial charge in [-0.05, 0) is 12.0 Å². The number of ether oxygens (including phenoxy) is 1. The molecular weight excluding hydrogens is 336 g/mol. The summed E-state index contributed by atoms with van der Waals surface area (Å²) in [6.07, 6.45) is 4.19. The first-order chi connectivity index (χ1) is 11.7. The average molecular weight is 365 g/mol. The number of hydrogen-bond donors (Lipinski definition) is 1. The molecule has 1 aliphatic rings. The van der Waals surface area contributed by atoms with Crippen LogP contribution in [0.3, 0.4) is 0 Å². The average Bonchev–Trinajstić information content (AvgIpc) is 3.01. The first kappa shape index (κ1) is 19.8. The number of aromatic nitrogens is 2. The molecule has 0 radical (unpaired) electrons. The number of nitrogens with one attached hydrogen (secondary N) is 1. The van der Waals surface area contributed by atoms with E-state index in [4.69, 9.17) is 4.74 Å². The maximum absolute atomic E-state index is 5.57. The highest BCUT2D eigenvalue weighted by molar-refractivity contribution is 5.85. The molecule has 1 aliphatic heterocycles. The van der Waals surface area contributed by atoms with Crippen molar-refractivity contribution in [3.8, 4) is 5.75 Å². The van der Waals surface area contributed by atoms with Gasteiger partial charge < -0.3 is 10.1 Å². The Morgan fingerprint density at radius 2 is 2.12 bits per heavy atom. The molecule has 138 valence electrons. The van der Waals surface area contributed by atoms with Crippen molar-refractivity contribution in [2.45, 2.75) is 33.0 Å². The van der Waals surface area contributed by atoms with Gasteiger partial charge in [0.25, 0.3) is 0 Å². The molecule has 0 spiro atoms. The van der Waals surface area contributed by atoms with Crippen molar-refractivity contribution in [1.29, 1.82) is 0 Å². The van der Waals surface area contributed by atoms with E-state index in [2.05, 4.69) is 52.2 Å². The van der Waals surface area contributed by atoms with E-state index in [9.17, 15) is 0 Å². The van der Waals surface area contributed by atoms with Crippen LogP contribution in [-0.4, -0.2) is 41.4 Å². The van der Waals surface area contributed by atoms with E-state index in [1.807, 2.05) is 18.3 Å². The molecule has 0 aliphatic carbocycles. The summed E-state index contributed by atoms with van der Waals surface area (Å²) in [5, 5.41) is 8.02. The molecule has 1 saturated heterocycles. The Labute approximate surface area is 156 Å². The number of rotatable bonds is 6. The van der Waals surface area contributed by atoms with Gasteiger partial charge in [0.15, 0.2) is 0 Å². The van der Waals surface area contributed by atoms with Gasteiger partial charge in [0.1, 0.15) is 5.75 Å². The third-order valence-corrected chi connectivity index (χ3v) is 4.48. The fraction of sp³-hybridized carbons (Fsp3) is 0.526. The maximum atomic E-state index is 5.57. The van der Waals surface area contributed by atoms with Crippen LogP contribution in [0.2, 0.25) is 0 Å². The number of piperazine rings is 1. The second kappa shape index (κ2) is 9.22. The minimum atomic E-state index is 0. The van der Waals surface area contributed by atoms with E-state index in [0.29, 0.717) is 12.0 Å². The van der Waals surface area contributed by atoms with Crippen LogP contribution >= 0.6 is 12.4 Å². The van der Waals surface area contributed by atoms with Gasteiger partial charge >= 0.3 is 0 Å². The van der Waals surface area contributed by atoms with E-state index >= 15 is 0 Å². The maximum Gasteiger partial charge on any atom is 0.123 e. The molecule has 2 heterocycles. The molecule has 0 bridgehead atoms. The number of benzene rings is 1. The van der Waals surface area contributed by atoms with Gasteiger partial charge in [0, 0.05) is 50.0 Å². The highest BCUT2D eigenvalue weighted by Gasteiger charge is 2.26. The van der Waals surface area contributed by atoms with Gasteiger partial charge in [-0.3, -0.25) is 9.58 Å². The number of methoxy groups -OCH3 is 1. The quantitative estimate of drug-likeness (QED) is 0.855. The Kier molecular flexibility index (Phi) is 7.29. The van der Waals surface area contributed by atoms with E-state index in [-0.39, 0.29) is 12.4 Å². The van der Waals surface area contributed by atoms with Crippen molar-refractivity contribution in [3.63, 3.8) is 0 Å². The van der Waals surface area contributed by atoms with Crippen LogP contribution in [0.25, 0.3) is 0 Å². The lowest BCUT2D eigenvalue weighted by Gasteiger charge is -2.36. The highest BCUT2D eigenvalue weighted by atomic mass is 35.5. The monoisotopic (exact) mass is 364 g/mol. The zero-order valence-electron chi connectivity index (χ0n) is 15.3. The van der Waals surface area contributed by atoms with Gasteiger partial charge in [-0.15, -0.1) is 12.4 Å². The number of halogens is 1. The third-order valence-electron chi connectivity index (χ3n) is 4.48. The topological polar surface area (TPSA) is 42.3 Å². The first-order valence-corrected chi connectivity index (χ1v) is 8.76. The van der Waals surface area contributed by atoms with Gasteiger partial charge in [0.05, 0.1) is 19.3 Å². The molecule has 1 aromatic carbocycles. The first-order valence-electron chi connectivity index (χ1n) is 8.76. The molecular formula is C19H29ClN4O. The normalized spacial score (nSPS) is 18.2.